The minimum Gasteiger partial charge on any atom is -0.387 e. The van der Waals surface area contributed by atoms with Crippen LogP contribution in [-0.2, 0) is 18.6 Å². The highest BCUT2D eigenvalue weighted by molar-refractivity contribution is 7.46. The van der Waals surface area contributed by atoms with Crippen molar-refractivity contribution in [2.24, 2.45) is 5.11 Å². The van der Waals surface area contributed by atoms with Gasteiger partial charge in [0, 0.05) is 23.1 Å². The van der Waals surface area contributed by atoms with Crippen LogP contribution in [0.5, 0.6) is 0 Å². The van der Waals surface area contributed by atoms with Crippen molar-refractivity contribution in [3.8, 4) is 0 Å². The quantitative estimate of drug-likeness (QED) is 0.0792. The Balaban J connectivity index is 1.45. The monoisotopic (exact) mass is 596 g/mol. The zero-order valence-electron chi connectivity index (χ0n) is 21.2. The second-order valence-electron chi connectivity index (χ2n) is 9.60. The van der Waals surface area contributed by atoms with Gasteiger partial charge in [-0.2, -0.15) is 0 Å². The van der Waals surface area contributed by atoms with Gasteiger partial charge < -0.3 is 35.2 Å². The van der Waals surface area contributed by atoms with Gasteiger partial charge >= 0.3 is 13.5 Å². The van der Waals surface area contributed by atoms with E-state index in [4.69, 9.17) is 25.3 Å². The second-order valence-corrected chi connectivity index (χ2v) is 10.8. The molecule has 0 amide bonds. The topological polar surface area (TPSA) is 299 Å². The van der Waals surface area contributed by atoms with Crippen molar-refractivity contribution in [2.45, 2.75) is 68.8 Å². The lowest BCUT2D eigenvalue weighted by Gasteiger charge is -2.34. The van der Waals surface area contributed by atoms with E-state index in [2.05, 4.69) is 30.0 Å². The number of phosphoric ester groups is 1. The van der Waals surface area contributed by atoms with Crippen LogP contribution in [0.25, 0.3) is 21.6 Å². The summed E-state index contributed by atoms with van der Waals surface area (Å²) in [6, 6.07) is 0. The number of hydrogen-bond donors (Lipinski definition) is 6. The lowest BCUT2D eigenvalue weighted by atomic mass is 9.94. The van der Waals surface area contributed by atoms with Crippen molar-refractivity contribution in [1.29, 1.82) is 0 Å². The Morgan fingerprint density at radius 3 is 2.73 bits per heavy atom. The van der Waals surface area contributed by atoms with E-state index >= 15 is 0 Å². The van der Waals surface area contributed by atoms with Crippen LogP contribution in [0.2, 0.25) is 0 Å². The zero-order valence-corrected chi connectivity index (χ0v) is 22.1. The highest BCUT2D eigenvalue weighted by Crippen LogP contribution is 2.46. The first-order chi connectivity index (χ1) is 19.3. The van der Waals surface area contributed by atoms with Crippen molar-refractivity contribution in [1.82, 2.24) is 29.1 Å². The molecule has 0 spiro atoms. The third-order valence-electron chi connectivity index (χ3n) is 6.91. The average Bonchev–Trinajstić information content (AvgIpc) is 3.61. The molecule has 2 aliphatic rings. The van der Waals surface area contributed by atoms with Crippen LogP contribution in [-0.4, -0.2) is 79.2 Å². The van der Waals surface area contributed by atoms with E-state index in [1.54, 1.807) is 0 Å². The van der Waals surface area contributed by atoms with Crippen molar-refractivity contribution >= 4 is 24.8 Å². The lowest BCUT2D eigenvalue weighted by Crippen LogP contribution is -2.53. The molecule has 7 atom stereocenters. The summed E-state index contributed by atoms with van der Waals surface area (Å²) in [5, 5.41) is 25.9. The summed E-state index contributed by atoms with van der Waals surface area (Å²) in [6.45, 7) is 1.41. The Labute approximate surface area is 228 Å². The van der Waals surface area contributed by atoms with Gasteiger partial charge in [0.15, 0.2) is 17.2 Å². The van der Waals surface area contributed by atoms with Crippen molar-refractivity contribution in [3.63, 3.8) is 0 Å². The maximum atomic E-state index is 12.4. The number of nitrogens with one attached hydrogen (secondary N) is 1. The molecule has 0 aromatic carbocycles. The molecule has 0 aliphatic carbocycles. The minimum absolute atomic E-state index is 0.0985. The Bertz CT molecular complexity index is 1680. The highest BCUT2D eigenvalue weighted by Gasteiger charge is 2.56. The first-order valence-corrected chi connectivity index (χ1v) is 13.6. The Morgan fingerprint density at radius 2 is 2.02 bits per heavy atom. The predicted octanol–water partition coefficient (Wildman–Crippen LogP) is -0.930. The van der Waals surface area contributed by atoms with Crippen LogP contribution in [0.1, 0.15) is 37.3 Å². The van der Waals surface area contributed by atoms with Gasteiger partial charge in [-0.1, -0.05) is 5.11 Å². The molecule has 3 aromatic heterocycles. The second kappa shape index (κ2) is 10.6. The number of H-pyrrole nitrogens is 1. The lowest BCUT2D eigenvalue weighted by molar-refractivity contribution is -0.169. The number of rotatable bonds is 8. The number of anilines is 1. The first-order valence-electron chi connectivity index (χ1n) is 12.1. The summed E-state index contributed by atoms with van der Waals surface area (Å²) in [4.78, 5) is 60.3. The van der Waals surface area contributed by atoms with E-state index in [1.807, 2.05) is 0 Å². The van der Waals surface area contributed by atoms with Crippen molar-refractivity contribution in [3.05, 3.63) is 55.7 Å². The van der Waals surface area contributed by atoms with Crippen LogP contribution in [0, 0.1) is 6.92 Å². The molecule has 7 N–H and O–H groups in total. The number of hydrogen-bond acceptors (Lipinski definition) is 13. The predicted molar refractivity (Wildman–Crippen MR) is 134 cm³/mol. The number of nitrogen functional groups attached to an aromatic ring is 1. The summed E-state index contributed by atoms with van der Waals surface area (Å²) >= 11 is 0. The van der Waals surface area contributed by atoms with Crippen LogP contribution >= 0.6 is 7.82 Å². The normalized spacial score (nSPS) is 28.0. The van der Waals surface area contributed by atoms with Gasteiger partial charge in [0.05, 0.1) is 12.4 Å². The molecule has 0 radical (unpaired) electrons. The number of aryl methyl sites for hydroxylation is 1. The summed E-state index contributed by atoms with van der Waals surface area (Å²) in [5.74, 6) is 0.128. The summed E-state index contributed by atoms with van der Waals surface area (Å²) < 4.78 is 31.0. The van der Waals surface area contributed by atoms with E-state index in [1.165, 1.54) is 24.1 Å². The molecule has 0 saturated carbocycles. The van der Waals surface area contributed by atoms with E-state index in [0.29, 0.717) is 11.2 Å². The molecule has 2 aliphatic heterocycles. The van der Waals surface area contributed by atoms with Gasteiger partial charge in [-0.25, -0.2) is 24.3 Å². The number of ether oxygens (including phenoxy) is 2. The van der Waals surface area contributed by atoms with E-state index in [0.717, 1.165) is 10.8 Å². The van der Waals surface area contributed by atoms with Gasteiger partial charge in [-0.3, -0.25) is 23.4 Å². The molecule has 0 bridgehead atoms. The summed E-state index contributed by atoms with van der Waals surface area (Å²) in [5.41, 5.74) is 11.6. The molecule has 220 valence electrons. The molecule has 5 heterocycles. The summed E-state index contributed by atoms with van der Waals surface area (Å²) in [7, 11) is -5.28. The largest absolute Gasteiger partial charge is 0.470 e. The Kier molecular flexibility index (Phi) is 7.45. The van der Waals surface area contributed by atoms with E-state index < -0.39 is 68.1 Å². The van der Waals surface area contributed by atoms with Crippen LogP contribution in [0.4, 0.5) is 5.82 Å². The number of phosphoric acid groups is 1. The third kappa shape index (κ3) is 5.47. The van der Waals surface area contributed by atoms with Gasteiger partial charge in [0.1, 0.15) is 42.6 Å². The number of aliphatic hydroxyl groups excluding tert-OH is 1. The third-order valence-corrected chi connectivity index (χ3v) is 7.43. The van der Waals surface area contributed by atoms with Crippen LogP contribution in [0.3, 0.4) is 0 Å². The maximum Gasteiger partial charge on any atom is 0.470 e. The Morgan fingerprint density at radius 1 is 1.27 bits per heavy atom. The van der Waals surface area contributed by atoms with Crippen molar-refractivity contribution in [2.75, 3.05) is 5.73 Å². The van der Waals surface area contributed by atoms with E-state index in [-0.39, 0.29) is 24.2 Å². The average molecular weight is 596 g/mol. The smallest absolute Gasteiger partial charge is 0.387 e. The number of aromatic nitrogens is 6. The van der Waals surface area contributed by atoms with E-state index in [9.17, 15) is 34.2 Å². The molecule has 20 nitrogen and oxygen atoms in total. The fraction of sp³-hybridized carbons (Fsp3) is 0.550. The highest BCUT2D eigenvalue weighted by atomic mass is 31.2. The fourth-order valence-electron chi connectivity index (χ4n) is 5.05. The van der Waals surface area contributed by atoms with Crippen LogP contribution < -0.4 is 17.0 Å². The Hall–Kier alpha value is -3.71. The van der Waals surface area contributed by atoms with Gasteiger partial charge in [-0.05, 0) is 25.3 Å². The van der Waals surface area contributed by atoms with Crippen LogP contribution in [0.15, 0.2) is 33.6 Å². The first kappa shape index (κ1) is 28.8. The molecular weight excluding hydrogens is 571 g/mol. The van der Waals surface area contributed by atoms with Gasteiger partial charge in [0.25, 0.3) is 5.56 Å². The fourth-order valence-corrected chi connectivity index (χ4v) is 5.62. The number of imidazole rings is 1. The maximum absolute atomic E-state index is 12.4. The molecule has 21 heteroatoms. The SMILES string of the molecule is Cc1cn([C@H]2C[C@@](O)(N=[N+]=[N-])[C@@H](C(O)C(OP(=O)(O)O)[C@@H]3CC[C@H](n4cnc5c(N)ncnc54)O3)O2)c(=O)[nH]c1=O. The van der Waals surface area contributed by atoms with Gasteiger partial charge in [-0.15, -0.1) is 0 Å². The minimum atomic E-state index is -5.28. The summed E-state index contributed by atoms with van der Waals surface area (Å²) in [6.07, 6.45) is -5.50. The molecule has 3 aromatic rings. The molecule has 41 heavy (non-hydrogen) atoms. The van der Waals surface area contributed by atoms with Crippen molar-refractivity contribution < 1.29 is 38.6 Å². The molecule has 5 rings (SSSR count). The molecule has 2 fully saturated rings. The molecule has 2 saturated heterocycles. The number of azide groups is 1. The number of aliphatic hydroxyl groups is 2. The number of aromatic amines is 1. The number of fused-ring (bicyclic) bond motifs is 1. The number of nitrogens with two attached hydrogens (primary N) is 1. The van der Waals surface area contributed by atoms with Gasteiger partial charge in [0.2, 0.25) is 0 Å². The molecule has 2 unspecified atom stereocenters. The standard InChI is InChI=1S/C20H25N10O10P/c1-8-5-29(19(33)26-18(8)32)11-4-20(34,27-28-22)15(39-11)13(31)14(40-41(35,36)37)9-2-3-10(38-9)30-7-25-12-16(21)23-6-24-17(12)30/h5-7,9-11,13-15,31,34H,2-4H2,1H3,(H2,21,23,24)(H,26,32,33)(H2,35,36,37)/t9-,10+,11+,13?,14?,15+,20-/m0/s1. The number of nitrogens with zero attached hydrogens (tertiary/aromatic N) is 8. The molecular formula is C20H25N10O10P. The zero-order chi connectivity index (χ0) is 29.7.